The maximum absolute atomic E-state index is 13.5. The second kappa shape index (κ2) is 10.7. The standard InChI is InChI=1S/C23H38FN3O/c1-4-26-17(2)27-14-6-9-22(25-3)23(27)16-28-21-12-10-18(11-13-21)19-7-5-8-20(24)15-19/h5,7-8,15,17-18,21-23,25-26H,4,6,9-14,16H2,1-3H3. The molecule has 1 aliphatic heterocycles. The summed E-state index contributed by atoms with van der Waals surface area (Å²) in [6, 6.07) is 8.02. The summed E-state index contributed by atoms with van der Waals surface area (Å²) in [4.78, 5) is 2.58. The first-order chi connectivity index (χ1) is 13.6. The normalized spacial score (nSPS) is 30.3. The SMILES string of the molecule is CCNC(C)N1CCCC(NC)C1COC1CCC(c2cccc(F)c2)CC1. The predicted molar refractivity (Wildman–Crippen MR) is 113 cm³/mol. The molecule has 0 spiro atoms. The van der Waals surface area contributed by atoms with E-state index in [1.54, 1.807) is 6.07 Å². The van der Waals surface area contributed by atoms with Crippen molar-refractivity contribution in [2.24, 2.45) is 0 Å². The van der Waals surface area contributed by atoms with E-state index in [1.807, 2.05) is 6.07 Å². The molecule has 1 aromatic rings. The number of nitrogens with zero attached hydrogens (tertiary/aromatic N) is 1. The van der Waals surface area contributed by atoms with E-state index in [2.05, 4.69) is 42.5 Å². The van der Waals surface area contributed by atoms with Gasteiger partial charge in [0.15, 0.2) is 0 Å². The van der Waals surface area contributed by atoms with Gasteiger partial charge in [-0.1, -0.05) is 19.1 Å². The Morgan fingerprint density at radius 1 is 1.21 bits per heavy atom. The van der Waals surface area contributed by atoms with Crippen LogP contribution in [0.5, 0.6) is 0 Å². The first-order valence-corrected chi connectivity index (χ1v) is 11.2. The summed E-state index contributed by atoms with van der Waals surface area (Å²) >= 11 is 0. The quantitative estimate of drug-likeness (QED) is 0.705. The molecule has 3 atom stereocenters. The number of benzene rings is 1. The molecule has 28 heavy (non-hydrogen) atoms. The Labute approximate surface area is 170 Å². The molecule has 5 heteroatoms. The molecule has 1 aromatic carbocycles. The average Bonchev–Trinajstić information content (AvgIpc) is 2.72. The van der Waals surface area contributed by atoms with E-state index in [-0.39, 0.29) is 5.82 Å². The van der Waals surface area contributed by atoms with Crippen molar-refractivity contribution in [3.8, 4) is 0 Å². The van der Waals surface area contributed by atoms with Crippen molar-refractivity contribution in [1.82, 2.24) is 15.5 Å². The van der Waals surface area contributed by atoms with E-state index >= 15 is 0 Å². The molecule has 2 N–H and O–H groups in total. The van der Waals surface area contributed by atoms with Gasteiger partial charge in [-0.3, -0.25) is 4.90 Å². The molecule has 0 bridgehead atoms. The second-order valence-corrected chi connectivity index (χ2v) is 8.44. The monoisotopic (exact) mass is 391 g/mol. The van der Waals surface area contributed by atoms with Gasteiger partial charge in [-0.2, -0.15) is 0 Å². The van der Waals surface area contributed by atoms with Crippen molar-refractivity contribution in [2.75, 3.05) is 26.7 Å². The van der Waals surface area contributed by atoms with Crippen LogP contribution in [0.2, 0.25) is 0 Å². The lowest BCUT2D eigenvalue weighted by Crippen LogP contribution is -2.61. The lowest BCUT2D eigenvalue weighted by molar-refractivity contribution is -0.0426. The number of likely N-dealkylation sites (N-methyl/N-ethyl adjacent to an activating group) is 1. The number of halogens is 1. The number of rotatable bonds is 8. The maximum atomic E-state index is 13.5. The summed E-state index contributed by atoms with van der Waals surface area (Å²) in [7, 11) is 2.07. The number of ether oxygens (including phenoxy) is 1. The molecule has 1 aliphatic carbocycles. The lowest BCUT2D eigenvalue weighted by atomic mass is 9.82. The zero-order valence-corrected chi connectivity index (χ0v) is 17.8. The van der Waals surface area contributed by atoms with Gasteiger partial charge in [0, 0.05) is 18.6 Å². The Morgan fingerprint density at radius 2 is 2.00 bits per heavy atom. The number of hydrogen-bond donors (Lipinski definition) is 2. The van der Waals surface area contributed by atoms with Crippen LogP contribution >= 0.6 is 0 Å². The van der Waals surface area contributed by atoms with Gasteiger partial charge in [-0.05, 0) is 82.7 Å². The molecule has 2 aliphatic rings. The molecule has 1 heterocycles. The zero-order valence-electron chi connectivity index (χ0n) is 17.8. The van der Waals surface area contributed by atoms with Crippen LogP contribution in [0.3, 0.4) is 0 Å². The van der Waals surface area contributed by atoms with E-state index in [4.69, 9.17) is 4.74 Å². The molecule has 1 saturated heterocycles. The molecule has 0 amide bonds. The first kappa shape index (κ1) is 21.7. The topological polar surface area (TPSA) is 36.5 Å². The molecular weight excluding hydrogens is 353 g/mol. The fourth-order valence-electron chi connectivity index (χ4n) is 5.08. The third-order valence-electron chi connectivity index (χ3n) is 6.69. The largest absolute Gasteiger partial charge is 0.377 e. The molecule has 4 nitrogen and oxygen atoms in total. The van der Waals surface area contributed by atoms with Crippen molar-refractivity contribution in [2.45, 2.75) is 82.6 Å². The fourth-order valence-corrected chi connectivity index (χ4v) is 5.08. The minimum absolute atomic E-state index is 0.124. The van der Waals surface area contributed by atoms with Crippen LogP contribution in [0.4, 0.5) is 4.39 Å². The molecule has 1 saturated carbocycles. The minimum Gasteiger partial charge on any atom is -0.377 e. The number of nitrogens with one attached hydrogen (secondary N) is 2. The van der Waals surface area contributed by atoms with E-state index < -0.39 is 0 Å². The highest BCUT2D eigenvalue weighted by Gasteiger charge is 2.34. The Balaban J connectivity index is 1.52. The summed E-state index contributed by atoms with van der Waals surface area (Å²) < 4.78 is 19.9. The van der Waals surface area contributed by atoms with Crippen LogP contribution in [0.25, 0.3) is 0 Å². The second-order valence-electron chi connectivity index (χ2n) is 8.44. The van der Waals surface area contributed by atoms with E-state index in [0.29, 0.717) is 30.3 Å². The van der Waals surface area contributed by atoms with Gasteiger partial charge in [-0.25, -0.2) is 4.39 Å². The van der Waals surface area contributed by atoms with Gasteiger partial charge in [0.1, 0.15) is 5.82 Å². The first-order valence-electron chi connectivity index (χ1n) is 11.2. The average molecular weight is 392 g/mol. The predicted octanol–water partition coefficient (Wildman–Crippen LogP) is 3.88. The van der Waals surface area contributed by atoms with Crippen LogP contribution in [0.1, 0.15) is 63.9 Å². The van der Waals surface area contributed by atoms with Gasteiger partial charge in [-0.15, -0.1) is 0 Å². The highest BCUT2D eigenvalue weighted by Crippen LogP contribution is 2.34. The molecule has 3 rings (SSSR count). The third-order valence-corrected chi connectivity index (χ3v) is 6.69. The highest BCUT2D eigenvalue weighted by molar-refractivity contribution is 5.21. The van der Waals surface area contributed by atoms with E-state index in [0.717, 1.165) is 50.9 Å². The van der Waals surface area contributed by atoms with Gasteiger partial charge >= 0.3 is 0 Å². The van der Waals surface area contributed by atoms with Crippen molar-refractivity contribution in [3.63, 3.8) is 0 Å². The summed E-state index contributed by atoms with van der Waals surface area (Å²) in [6.07, 6.45) is 7.47. The summed E-state index contributed by atoms with van der Waals surface area (Å²) in [6.45, 7) is 7.33. The summed E-state index contributed by atoms with van der Waals surface area (Å²) in [5.41, 5.74) is 1.15. The molecule has 158 valence electrons. The minimum atomic E-state index is -0.124. The smallest absolute Gasteiger partial charge is 0.123 e. The highest BCUT2D eigenvalue weighted by atomic mass is 19.1. The van der Waals surface area contributed by atoms with Crippen LogP contribution in [0, 0.1) is 5.82 Å². The van der Waals surface area contributed by atoms with Gasteiger partial charge in [0.2, 0.25) is 0 Å². The summed E-state index contributed by atoms with van der Waals surface area (Å²) in [5, 5.41) is 7.09. The zero-order chi connectivity index (χ0) is 19.9. The summed E-state index contributed by atoms with van der Waals surface area (Å²) in [5.74, 6) is 0.349. The van der Waals surface area contributed by atoms with E-state index in [9.17, 15) is 4.39 Å². The van der Waals surface area contributed by atoms with Crippen LogP contribution in [0.15, 0.2) is 24.3 Å². The van der Waals surface area contributed by atoms with Crippen molar-refractivity contribution in [3.05, 3.63) is 35.6 Å². The Bertz CT molecular complexity index is 591. The van der Waals surface area contributed by atoms with Gasteiger partial charge < -0.3 is 15.4 Å². The molecule has 0 radical (unpaired) electrons. The van der Waals surface area contributed by atoms with E-state index in [1.165, 1.54) is 18.9 Å². The molecule has 2 fully saturated rings. The third kappa shape index (κ3) is 5.53. The van der Waals surface area contributed by atoms with Crippen molar-refractivity contribution >= 4 is 0 Å². The lowest BCUT2D eigenvalue weighted by Gasteiger charge is -2.45. The van der Waals surface area contributed by atoms with Crippen LogP contribution < -0.4 is 10.6 Å². The van der Waals surface area contributed by atoms with Gasteiger partial charge in [0.05, 0.1) is 18.9 Å². The van der Waals surface area contributed by atoms with Crippen molar-refractivity contribution < 1.29 is 9.13 Å². The Kier molecular flexibility index (Phi) is 8.27. The molecule has 0 aromatic heterocycles. The Hall–Kier alpha value is -1.01. The van der Waals surface area contributed by atoms with Crippen LogP contribution in [-0.4, -0.2) is 56.0 Å². The number of piperidine rings is 1. The number of likely N-dealkylation sites (tertiary alicyclic amines) is 1. The molecule has 3 unspecified atom stereocenters. The van der Waals surface area contributed by atoms with Crippen LogP contribution in [-0.2, 0) is 4.74 Å². The van der Waals surface area contributed by atoms with Crippen molar-refractivity contribution in [1.29, 1.82) is 0 Å². The maximum Gasteiger partial charge on any atom is 0.123 e. The van der Waals surface area contributed by atoms with Gasteiger partial charge in [0.25, 0.3) is 0 Å². The fraction of sp³-hybridized carbons (Fsp3) is 0.739. The number of hydrogen-bond acceptors (Lipinski definition) is 4. The molecular formula is C23H38FN3O. The Morgan fingerprint density at radius 3 is 2.68 bits per heavy atom.